The molecule has 0 radical (unpaired) electrons. The average Bonchev–Trinajstić information content (AvgIpc) is 1.63. The summed E-state index contributed by atoms with van der Waals surface area (Å²) in [6, 6.07) is 137. The second kappa shape index (κ2) is 38.2. The predicted molar refractivity (Wildman–Crippen MR) is 583 cm³/mol. The summed E-state index contributed by atoms with van der Waals surface area (Å²) in [6.45, 7) is 14.8. The zero-order valence-electron chi connectivity index (χ0n) is 78.7. The van der Waals surface area contributed by atoms with E-state index in [0.29, 0.717) is 0 Å². The van der Waals surface area contributed by atoms with Gasteiger partial charge in [-0.3, -0.25) is 34.9 Å². The number of pyridine rings is 7. The lowest BCUT2D eigenvalue weighted by Gasteiger charge is -2.08. The molecule has 14 heteroatoms. The van der Waals surface area contributed by atoms with Crippen molar-refractivity contribution in [1.29, 1.82) is 0 Å². The summed E-state index contributed by atoms with van der Waals surface area (Å²) >= 11 is 0. The third-order valence-corrected chi connectivity index (χ3v) is 26.4. The second-order valence-corrected chi connectivity index (χ2v) is 35.3. The van der Waals surface area contributed by atoms with Gasteiger partial charge in [0.2, 0.25) is 0 Å². The lowest BCUT2D eigenvalue weighted by molar-refractivity contribution is 1.13. The largest absolute Gasteiger partial charge is 0.308 e. The van der Waals surface area contributed by atoms with Crippen LogP contribution < -0.4 is 0 Å². The molecule has 14 aromatic carbocycles. The van der Waals surface area contributed by atoms with Crippen LogP contribution in [0, 0.1) is 48.5 Å². The van der Waals surface area contributed by atoms with Gasteiger partial charge in [-0.05, 0) is 235 Å². The van der Waals surface area contributed by atoms with Gasteiger partial charge in [0.15, 0.2) is 0 Å². The van der Waals surface area contributed by atoms with Crippen molar-refractivity contribution in [3.8, 4) is 39.8 Å². The van der Waals surface area contributed by atoms with Gasteiger partial charge in [0.1, 0.15) is 0 Å². The van der Waals surface area contributed by atoms with Crippen LogP contribution in [0.15, 0.2) is 469 Å². The maximum atomic E-state index is 4.47. The van der Waals surface area contributed by atoms with E-state index in [1.807, 2.05) is 124 Å². The average molecular weight is 1810 g/mol. The lowest BCUT2D eigenvalue weighted by Crippen LogP contribution is -1.95. The maximum absolute atomic E-state index is 4.47. The van der Waals surface area contributed by atoms with E-state index >= 15 is 0 Å². The zero-order chi connectivity index (χ0) is 94.7. The Morgan fingerprint density at radius 1 is 0.164 bits per heavy atom. The molecule has 28 aromatic rings. The van der Waals surface area contributed by atoms with Gasteiger partial charge in [0.05, 0.1) is 120 Å². The van der Waals surface area contributed by atoms with Crippen molar-refractivity contribution in [2.75, 3.05) is 0 Å². The number of hydrogen-bond acceptors (Lipinski definition) is 7. The van der Waals surface area contributed by atoms with E-state index in [1.165, 1.54) is 187 Å². The minimum absolute atomic E-state index is 1.05. The van der Waals surface area contributed by atoms with Crippen LogP contribution in [0.5, 0.6) is 0 Å². The fourth-order valence-corrected chi connectivity index (χ4v) is 20.2. The van der Waals surface area contributed by atoms with Gasteiger partial charge in [0.25, 0.3) is 0 Å². The molecule has 28 rings (SSSR count). The number of fused-ring (bicyclic) bond motifs is 21. The first-order valence-electron chi connectivity index (χ1n) is 47.3. The molecular weight excluding hydrogens is 1710 g/mol. The van der Waals surface area contributed by atoms with Crippen LogP contribution in [0.25, 0.3) is 192 Å². The molecule has 672 valence electrons. The Hall–Kier alpha value is -18.3. The third kappa shape index (κ3) is 16.3. The van der Waals surface area contributed by atoms with Gasteiger partial charge in [-0.2, -0.15) is 0 Å². The second-order valence-electron chi connectivity index (χ2n) is 35.3. The number of benzene rings is 14. The molecule has 0 aliphatic carbocycles. The monoisotopic (exact) mass is 1810 g/mol. The fraction of sp³-hybridized carbons (Fsp3) is 0.0556. The molecule has 0 aliphatic rings. The minimum Gasteiger partial charge on any atom is -0.308 e. The van der Waals surface area contributed by atoms with Gasteiger partial charge in [-0.15, -0.1) is 0 Å². The van der Waals surface area contributed by atoms with Gasteiger partial charge >= 0.3 is 0 Å². The molecule has 14 heterocycles. The Labute approximate surface area is 810 Å². The molecule has 0 spiro atoms. The van der Waals surface area contributed by atoms with E-state index in [-0.39, 0.29) is 0 Å². The molecule has 0 aliphatic heterocycles. The first-order valence-corrected chi connectivity index (χ1v) is 47.3. The molecule has 14 nitrogen and oxygen atoms in total. The van der Waals surface area contributed by atoms with E-state index in [0.717, 1.165) is 44.5 Å². The van der Waals surface area contributed by atoms with Gasteiger partial charge < -0.3 is 32.0 Å². The molecule has 0 saturated carbocycles. The number of hydrogen-bond donors (Lipinski definition) is 0. The van der Waals surface area contributed by atoms with Crippen LogP contribution in [-0.4, -0.2) is 66.9 Å². The van der Waals surface area contributed by atoms with Gasteiger partial charge in [0, 0.05) is 158 Å². The smallest absolute Gasteiger partial charge is 0.0753 e. The number of para-hydroxylation sites is 11. The predicted octanol–water partition coefficient (Wildman–Crippen LogP) is 31.4. The normalized spacial score (nSPS) is 11.2. The van der Waals surface area contributed by atoms with Crippen molar-refractivity contribution < 1.29 is 0 Å². The van der Waals surface area contributed by atoms with E-state index in [4.69, 9.17) is 0 Å². The molecule has 14 aromatic heterocycles. The van der Waals surface area contributed by atoms with Crippen molar-refractivity contribution in [3.05, 3.63) is 508 Å². The highest BCUT2D eigenvalue weighted by Crippen LogP contribution is 2.41. The van der Waals surface area contributed by atoms with Gasteiger partial charge in [-0.1, -0.05) is 236 Å². The standard InChI is InChI=1S/7C18H14N2/c1-13-6-5-9-16-18(13)15-10-11-19-12-17(15)20(16)14-7-3-2-4-8-14;1-13-6-5-9-16-15-10-11-19-12-17(15)20(18(13)16)14-7-3-2-4-8-14;1-13-11-16-15-9-5-6-10-17(15)20(18(16)12-19-13)14-7-3-2-4-8-14;1-13-11-19-12-17-18(13)15-9-5-6-10-16(15)20(17)14-7-3-2-4-8-14;1-13-18-16(11-12-19-13)15-9-5-6-10-17(15)20(18)14-7-3-2-4-8-14;1-13-7-8-17-16(11-13)15-9-10-19-12-18(15)20(17)14-5-3-2-4-6-14;1-13-7-8-15-16-9-10-19-12-18(16)20(17(15)11-13)14-5-3-2-4-6-14/h7*2-12H,1H3. The summed E-state index contributed by atoms with van der Waals surface area (Å²) in [5.74, 6) is 0. The minimum atomic E-state index is 1.05. The van der Waals surface area contributed by atoms with Crippen molar-refractivity contribution in [3.63, 3.8) is 0 Å². The van der Waals surface area contributed by atoms with E-state index < -0.39 is 0 Å². The molecule has 0 amide bonds. The highest BCUT2D eigenvalue weighted by molar-refractivity contribution is 6.16. The Bertz CT molecular complexity index is 8820. The summed E-state index contributed by atoms with van der Waals surface area (Å²) < 4.78 is 16.0. The van der Waals surface area contributed by atoms with Gasteiger partial charge in [-0.25, -0.2) is 0 Å². The lowest BCUT2D eigenvalue weighted by atomic mass is 10.1. The summed E-state index contributed by atoms with van der Waals surface area (Å²) in [4.78, 5) is 30.5. The summed E-state index contributed by atoms with van der Waals surface area (Å²) in [7, 11) is 0. The Morgan fingerprint density at radius 2 is 0.479 bits per heavy atom. The van der Waals surface area contributed by atoms with Crippen LogP contribution in [0.1, 0.15) is 39.2 Å². The highest BCUT2D eigenvalue weighted by atomic mass is 15.0. The maximum Gasteiger partial charge on any atom is 0.0753 e. The zero-order valence-corrected chi connectivity index (χ0v) is 78.7. The van der Waals surface area contributed by atoms with Crippen molar-refractivity contribution in [2.24, 2.45) is 0 Å². The Morgan fingerprint density at radius 3 is 1.02 bits per heavy atom. The molecule has 0 saturated heterocycles. The Balaban J connectivity index is 0.0000000939. The topological polar surface area (TPSA) is 125 Å². The van der Waals surface area contributed by atoms with E-state index in [2.05, 4.69) is 460 Å². The summed E-state index contributed by atoms with van der Waals surface area (Å²) in [6.07, 6.45) is 23.0. The fourth-order valence-electron chi connectivity index (χ4n) is 20.2. The van der Waals surface area contributed by atoms with E-state index in [9.17, 15) is 0 Å². The first kappa shape index (κ1) is 87.1. The molecule has 0 fully saturated rings. The number of aryl methyl sites for hydroxylation is 7. The third-order valence-electron chi connectivity index (χ3n) is 26.4. The number of rotatable bonds is 7. The first-order chi connectivity index (χ1) is 69.0. The molecule has 0 atom stereocenters. The quantitative estimate of drug-likeness (QED) is 0.156. The van der Waals surface area contributed by atoms with Crippen molar-refractivity contribution >= 4 is 153 Å². The van der Waals surface area contributed by atoms with Crippen LogP contribution in [0.3, 0.4) is 0 Å². The number of nitrogens with zero attached hydrogens (tertiary/aromatic N) is 14. The van der Waals surface area contributed by atoms with Crippen molar-refractivity contribution in [2.45, 2.75) is 48.5 Å². The molecule has 140 heavy (non-hydrogen) atoms. The SMILES string of the molecule is Cc1cc2c3ccccc3n(-c3ccccc3)c2cn1.Cc1ccc2c(c1)c1ccncc1n2-c1ccccc1.Cc1ccc2c3ccncc3n(-c3ccccc3)c2c1.Cc1cccc2c1c1ccncc1n2-c1ccccc1.Cc1cccc2c3ccncc3n(-c3ccccc3)c12.Cc1cncc2c1c1ccccc1n2-c1ccccc1.Cc1nccc2c3ccccc3n(-c3ccccc3)c12. The molecular formula is C126H98N14. The number of aromatic nitrogens is 14. The molecule has 0 N–H and O–H groups in total. The highest BCUT2D eigenvalue weighted by Gasteiger charge is 2.21. The van der Waals surface area contributed by atoms with Crippen LogP contribution in [0.2, 0.25) is 0 Å². The van der Waals surface area contributed by atoms with E-state index in [1.54, 1.807) is 0 Å². The Kier molecular flexibility index (Phi) is 23.8. The van der Waals surface area contributed by atoms with Crippen LogP contribution >= 0.6 is 0 Å². The summed E-state index contributed by atoms with van der Waals surface area (Å²) in [5.41, 5.74) is 33.4. The molecule has 0 bridgehead atoms. The molecule has 0 unspecified atom stereocenters. The van der Waals surface area contributed by atoms with Crippen LogP contribution in [-0.2, 0) is 0 Å². The van der Waals surface area contributed by atoms with Crippen LogP contribution in [0.4, 0.5) is 0 Å². The summed E-state index contributed by atoms with van der Waals surface area (Å²) in [5, 5.41) is 17.8. The van der Waals surface area contributed by atoms with Crippen molar-refractivity contribution in [1.82, 2.24) is 66.9 Å².